The van der Waals surface area contributed by atoms with Crippen molar-refractivity contribution in [3.8, 4) is 5.75 Å². The Labute approximate surface area is 111 Å². The molecule has 2 rings (SSSR count). The molecule has 0 atom stereocenters. The molecule has 0 fully saturated rings. The number of nitrogens with one attached hydrogen (secondary N) is 1. The number of benzene rings is 1. The van der Waals surface area contributed by atoms with Gasteiger partial charge in [-0.1, -0.05) is 18.2 Å². The highest BCUT2D eigenvalue weighted by molar-refractivity contribution is 5.22. The normalized spacial score (nSPS) is 10.6. The third-order valence-electron chi connectivity index (χ3n) is 2.53. The summed E-state index contributed by atoms with van der Waals surface area (Å²) in [5.74, 6) is 0.221. The topological polar surface area (TPSA) is 52.0 Å². The zero-order valence-electron chi connectivity index (χ0n) is 10.8. The Morgan fingerprint density at radius 2 is 2.32 bits per heavy atom. The number of ether oxygens (including phenoxy) is 1. The summed E-state index contributed by atoms with van der Waals surface area (Å²) < 4.78 is 20.1. The lowest BCUT2D eigenvalue weighted by Crippen LogP contribution is -2.12. The predicted octanol–water partition coefficient (Wildman–Crippen LogP) is 1.61. The van der Waals surface area contributed by atoms with Crippen LogP contribution in [0.15, 0.2) is 30.5 Å². The molecule has 0 unspecified atom stereocenters. The van der Waals surface area contributed by atoms with E-state index in [9.17, 15) is 4.39 Å². The molecule has 1 N–H and O–H groups in total. The second kappa shape index (κ2) is 6.84. The first-order chi connectivity index (χ1) is 9.28. The standard InChI is InChI=1S/C13H17FN4O/c1-2-15-9-12-10-18(17-16-12)6-7-19-13-5-3-4-11(14)8-13/h3-5,8,10,15H,2,6-7,9H2,1H3. The summed E-state index contributed by atoms with van der Waals surface area (Å²) in [5.41, 5.74) is 0.896. The molecule has 0 amide bonds. The van der Waals surface area contributed by atoms with Gasteiger partial charge in [-0.25, -0.2) is 9.07 Å². The summed E-state index contributed by atoms with van der Waals surface area (Å²) in [5, 5.41) is 11.2. The van der Waals surface area contributed by atoms with Crippen molar-refractivity contribution in [3.05, 3.63) is 42.0 Å². The summed E-state index contributed by atoms with van der Waals surface area (Å²) in [6.07, 6.45) is 1.87. The second-order valence-electron chi connectivity index (χ2n) is 4.06. The molecule has 0 bridgehead atoms. The van der Waals surface area contributed by atoms with E-state index >= 15 is 0 Å². The maximum absolute atomic E-state index is 12.9. The van der Waals surface area contributed by atoms with Crippen LogP contribution in [-0.4, -0.2) is 28.1 Å². The lowest BCUT2D eigenvalue weighted by molar-refractivity contribution is 0.288. The Kier molecular flexibility index (Phi) is 4.85. The molecule has 0 saturated carbocycles. The number of hydrogen-bond donors (Lipinski definition) is 1. The quantitative estimate of drug-likeness (QED) is 0.825. The zero-order valence-corrected chi connectivity index (χ0v) is 10.8. The summed E-state index contributed by atoms with van der Waals surface area (Å²) in [6.45, 7) is 4.65. The SMILES string of the molecule is CCNCc1cn(CCOc2cccc(F)c2)nn1. The van der Waals surface area contributed by atoms with Crippen LogP contribution in [0.25, 0.3) is 0 Å². The first-order valence-corrected chi connectivity index (χ1v) is 6.26. The molecule has 6 heteroatoms. The number of aromatic nitrogens is 3. The van der Waals surface area contributed by atoms with Gasteiger partial charge < -0.3 is 10.1 Å². The van der Waals surface area contributed by atoms with Crippen LogP contribution in [0.4, 0.5) is 4.39 Å². The van der Waals surface area contributed by atoms with E-state index < -0.39 is 0 Å². The molecular weight excluding hydrogens is 247 g/mol. The summed E-state index contributed by atoms with van der Waals surface area (Å²) in [4.78, 5) is 0. The van der Waals surface area contributed by atoms with Gasteiger partial charge in [0.05, 0.1) is 12.2 Å². The molecule has 0 spiro atoms. The molecular formula is C13H17FN4O. The van der Waals surface area contributed by atoms with Gasteiger partial charge in [-0.2, -0.15) is 0 Å². The summed E-state index contributed by atoms with van der Waals surface area (Å²) in [7, 11) is 0. The van der Waals surface area contributed by atoms with E-state index in [1.54, 1.807) is 16.8 Å². The Balaban J connectivity index is 1.77. The molecule has 19 heavy (non-hydrogen) atoms. The van der Waals surface area contributed by atoms with E-state index in [1.807, 2.05) is 13.1 Å². The van der Waals surface area contributed by atoms with Crippen molar-refractivity contribution in [1.29, 1.82) is 0 Å². The van der Waals surface area contributed by atoms with E-state index in [4.69, 9.17) is 4.74 Å². The van der Waals surface area contributed by atoms with Crippen molar-refractivity contribution >= 4 is 0 Å². The van der Waals surface area contributed by atoms with Gasteiger partial charge in [-0.05, 0) is 18.7 Å². The fourth-order valence-corrected chi connectivity index (χ4v) is 1.60. The van der Waals surface area contributed by atoms with Crippen LogP contribution in [0.3, 0.4) is 0 Å². The van der Waals surface area contributed by atoms with Crippen molar-refractivity contribution in [3.63, 3.8) is 0 Å². The number of rotatable bonds is 7. The average Bonchev–Trinajstić information content (AvgIpc) is 2.84. The van der Waals surface area contributed by atoms with Gasteiger partial charge in [0.1, 0.15) is 18.2 Å². The molecule has 102 valence electrons. The maximum Gasteiger partial charge on any atom is 0.126 e. The van der Waals surface area contributed by atoms with Crippen LogP contribution in [0.1, 0.15) is 12.6 Å². The van der Waals surface area contributed by atoms with Gasteiger partial charge in [0.25, 0.3) is 0 Å². The molecule has 0 radical (unpaired) electrons. The van der Waals surface area contributed by atoms with Crippen molar-refractivity contribution < 1.29 is 9.13 Å². The maximum atomic E-state index is 12.9. The van der Waals surface area contributed by atoms with Gasteiger partial charge in [0, 0.05) is 18.8 Å². The van der Waals surface area contributed by atoms with Crippen LogP contribution in [0, 0.1) is 5.82 Å². The Bertz CT molecular complexity index is 515. The second-order valence-corrected chi connectivity index (χ2v) is 4.06. The van der Waals surface area contributed by atoms with E-state index in [0.29, 0.717) is 25.4 Å². The molecule has 0 saturated heterocycles. The smallest absolute Gasteiger partial charge is 0.126 e. The van der Waals surface area contributed by atoms with Gasteiger partial charge in [0.2, 0.25) is 0 Å². The van der Waals surface area contributed by atoms with Gasteiger partial charge >= 0.3 is 0 Å². The highest BCUT2D eigenvalue weighted by atomic mass is 19.1. The Morgan fingerprint density at radius 3 is 3.11 bits per heavy atom. The fourth-order valence-electron chi connectivity index (χ4n) is 1.60. The minimum atomic E-state index is -0.300. The summed E-state index contributed by atoms with van der Waals surface area (Å²) in [6, 6.07) is 6.09. The van der Waals surface area contributed by atoms with Crippen LogP contribution >= 0.6 is 0 Å². The predicted molar refractivity (Wildman–Crippen MR) is 69.3 cm³/mol. The number of hydrogen-bond acceptors (Lipinski definition) is 4. The third-order valence-corrected chi connectivity index (χ3v) is 2.53. The molecule has 5 nitrogen and oxygen atoms in total. The van der Waals surface area contributed by atoms with E-state index in [0.717, 1.165) is 12.2 Å². The molecule has 2 aromatic rings. The van der Waals surface area contributed by atoms with Crippen LogP contribution in [0.2, 0.25) is 0 Å². The number of halogens is 1. The summed E-state index contributed by atoms with van der Waals surface area (Å²) >= 11 is 0. The zero-order chi connectivity index (χ0) is 13.5. The third kappa shape index (κ3) is 4.33. The van der Waals surface area contributed by atoms with Gasteiger partial charge in [0.15, 0.2) is 0 Å². The van der Waals surface area contributed by atoms with E-state index in [2.05, 4.69) is 15.6 Å². The van der Waals surface area contributed by atoms with Crippen molar-refractivity contribution in [1.82, 2.24) is 20.3 Å². The molecule has 0 aliphatic heterocycles. The van der Waals surface area contributed by atoms with Crippen molar-refractivity contribution in [2.24, 2.45) is 0 Å². The van der Waals surface area contributed by atoms with Crippen LogP contribution < -0.4 is 10.1 Å². The first kappa shape index (κ1) is 13.5. The van der Waals surface area contributed by atoms with Crippen molar-refractivity contribution in [2.75, 3.05) is 13.2 Å². The van der Waals surface area contributed by atoms with Gasteiger partial charge in [-0.3, -0.25) is 0 Å². The monoisotopic (exact) mass is 264 g/mol. The number of nitrogens with zero attached hydrogens (tertiary/aromatic N) is 3. The minimum Gasteiger partial charge on any atom is -0.492 e. The highest BCUT2D eigenvalue weighted by Gasteiger charge is 2.01. The largest absolute Gasteiger partial charge is 0.492 e. The molecule has 1 aromatic carbocycles. The molecule has 1 aromatic heterocycles. The molecule has 0 aliphatic rings. The fraction of sp³-hybridized carbons (Fsp3) is 0.385. The van der Waals surface area contributed by atoms with Gasteiger partial charge in [-0.15, -0.1) is 5.10 Å². The first-order valence-electron chi connectivity index (χ1n) is 6.26. The Hall–Kier alpha value is -1.95. The van der Waals surface area contributed by atoms with Crippen LogP contribution in [-0.2, 0) is 13.1 Å². The lowest BCUT2D eigenvalue weighted by atomic mass is 10.3. The van der Waals surface area contributed by atoms with E-state index in [1.165, 1.54) is 12.1 Å². The molecule has 0 aliphatic carbocycles. The molecule has 1 heterocycles. The lowest BCUT2D eigenvalue weighted by Gasteiger charge is -2.05. The minimum absolute atomic E-state index is 0.300. The van der Waals surface area contributed by atoms with E-state index in [-0.39, 0.29) is 5.82 Å². The van der Waals surface area contributed by atoms with Crippen molar-refractivity contribution in [2.45, 2.75) is 20.0 Å². The van der Waals surface area contributed by atoms with Crippen LogP contribution in [0.5, 0.6) is 5.75 Å². The Morgan fingerprint density at radius 1 is 1.42 bits per heavy atom. The highest BCUT2D eigenvalue weighted by Crippen LogP contribution is 2.11. The average molecular weight is 264 g/mol.